The summed E-state index contributed by atoms with van der Waals surface area (Å²) >= 11 is 0. The molecule has 2 atom stereocenters. The van der Waals surface area contributed by atoms with E-state index in [9.17, 15) is 38.7 Å². The Labute approximate surface area is 232 Å². The third-order valence-electron chi connectivity index (χ3n) is 6.76. The second-order valence-corrected chi connectivity index (χ2v) is 12.7. The van der Waals surface area contributed by atoms with Crippen LogP contribution < -0.4 is 5.73 Å². The number of carbonyl (C=O) groups excluding carboxylic acids is 1. The van der Waals surface area contributed by atoms with Crippen LogP contribution in [0.25, 0.3) is 0 Å². The summed E-state index contributed by atoms with van der Waals surface area (Å²) < 4.78 is 32.6. The molecule has 1 aromatic heterocycles. The minimum absolute atomic E-state index is 0.0625. The molecule has 3 rings (SSSR count). The zero-order valence-electron chi connectivity index (χ0n) is 23.2. The number of aromatic nitrogens is 1. The summed E-state index contributed by atoms with van der Waals surface area (Å²) in [4.78, 5) is 17.8. The van der Waals surface area contributed by atoms with Crippen molar-refractivity contribution >= 4 is 27.8 Å². The fourth-order valence-electron chi connectivity index (χ4n) is 4.57. The zero-order chi connectivity index (χ0) is 30.5. The third kappa shape index (κ3) is 5.15. The van der Waals surface area contributed by atoms with Crippen molar-refractivity contribution < 1.29 is 43.5 Å². The van der Waals surface area contributed by atoms with E-state index < -0.39 is 58.1 Å². The van der Waals surface area contributed by atoms with Crippen molar-refractivity contribution in [2.24, 2.45) is 4.99 Å². The summed E-state index contributed by atoms with van der Waals surface area (Å²) in [6.07, 6.45) is -0.405. The van der Waals surface area contributed by atoms with Crippen LogP contribution >= 0.6 is 0 Å². The number of amides is 1. The predicted octanol–water partition coefficient (Wildman–Crippen LogP) is -0.0373. The first kappa shape index (κ1) is 31.3. The van der Waals surface area contributed by atoms with Crippen molar-refractivity contribution in [2.75, 3.05) is 26.1 Å². The number of nitrogens with zero attached hydrogens (tertiary/aromatic N) is 4. The minimum atomic E-state index is -4.19. The molecule has 1 aromatic carbocycles. The number of aryl methyl sites for hydroxylation is 1. The number of hydrogen-bond donors (Lipinski definition) is 6. The molecule has 1 aliphatic heterocycles. The fourth-order valence-corrected chi connectivity index (χ4v) is 5.86. The molecular weight excluding hydrogens is 546 g/mol. The number of amidine groups is 1. The number of nitrogen functional groups attached to an aromatic ring is 1. The smallest absolute Gasteiger partial charge is 0.414 e. The highest BCUT2D eigenvalue weighted by Gasteiger charge is 2.70. The number of likely N-dealkylation sites (N-methyl/N-ethyl adjacent to an activating group) is 1. The van der Waals surface area contributed by atoms with E-state index in [0.717, 1.165) is 29.7 Å². The van der Waals surface area contributed by atoms with Gasteiger partial charge in [-0.3, -0.25) is 4.90 Å². The number of aliphatic imine (C=N–C) groups is 1. The van der Waals surface area contributed by atoms with Crippen molar-refractivity contribution in [3.8, 4) is 0 Å². The third-order valence-corrected chi connectivity index (χ3v) is 8.47. The van der Waals surface area contributed by atoms with Gasteiger partial charge in [-0.15, -0.1) is 0 Å². The van der Waals surface area contributed by atoms with Crippen LogP contribution in [-0.4, -0.2) is 103 Å². The summed E-state index contributed by atoms with van der Waals surface area (Å²) in [5.41, 5.74) is 0.488. The molecule has 0 radical (unpaired) electrons. The summed E-state index contributed by atoms with van der Waals surface area (Å²) in [6, 6.07) is 7.25. The Morgan fingerprint density at radius 3 is 2.25 bits per heavy atom. The van der Waals surface area contributed by atoms with Crippen LogP contribution in [0.3, 0.4) is 0 Å². The van der Waals surface area contributed by atoms with Crippen molar-refractivity contribution in [1.29, 1.82) is 0 Å². The monoisotopic (exact) mass is 583 g/mol. The summed E-state index contributed by atoms with van der Waals surface area (Å²) in [7, 11) is -3.08. The van der Waals surface area contributed by atoms with Crippen molar-refractivity contribution in [1.82, 2.24) is 13.8 Å². The van der Waals surface area contributed by atoms with E-state index in [1.54, 1.807) is 39.8 Å². The summed E-state index contributed by atoms with van der Waals surface area (Å²) in [5.74, 6) is -4.28. The van der Waals surface area contributed by atoms with Crippen LogP contribution in [0.15, 0.2) is 46.4 Å². The highest BCUT2D eigenvalue weighted by atomic mass is 32.2. The van der Waals surface area contributed by atoms with Gasteiger partial charge in [0.25, 0.3) is 10.0 Å². The lowest BCUT2D eigenvalue weighted by atomic mass is 9.80. The van der Waals surface area contributed by atoms with Crippen LogP contribution in [0.1, 0.15) is 45.2 Å². The number of nitrogens with two attached hydrogens (primary N) is 1. The molecule has 1 fully saturated rings. The molecule has 222 valence electrons. The Kier molecular flexibility index (Phi) is 8.08. The summed E-state index contributed by atoms with van der Waals surface area (Å²) in [5, 5.41) is 55.2. The van der Waals surface area contributed by atoms with Crippen molar-refractivity contribution in [2.45, 2.75) is 68.8 Å². The molecule has 14 nitrogen and oxygen atoms in total. The van der Waals surface area contributed by atoms with Gasteiger partial charge in [0.15, 0.2) is 0 Å². The lowest BCUT2D eigenvalue weighted by Crippen LogP contribution is -2.83. The van der Waals surface area contributed by atoms with Crippen LogP contribution in [0.2, 0.25) is 0 Å². The van der Waals surface area contributed by atoms with Gasteiger partial charge in [0.05, 0.1) is 10.5 Å². The van der Waals surface area contributed by atoms with Gasteiger partial charge in [0, 0.05) is 19.8 Å². The van der Waals surface area contributed by atoms with Gasteiger partial charge in [-0.25, -0.2) is 22.2 Å². The van der Waals surface area contributed by atoms with E-state index in [1.807, 2.05) is 0 Å². The highest BCUT2D eigenvalue weighted by Crippen LogP contribution is 2.44. The molecule has 0 bridgehead atoms. The molecule has 0 aliphatic carbocycles. The lowest BCUT2D eigenvalue weighted by molar-refractivity contribution is -0.421. The van der Waals surface area contributed by atoms with E-state index in [1.165, 1.54) is 18.2 Å². The van der Waals surface area contributed by atoms with Crippen LogP contribution in [0, 0.1) is 6.92 Å². The van der Waals surface area contributed by atoms with Gasteiger partial charge < -0.3 is 40.9 Å². The van der Waals surface area contributed by atoms with Crippen molar-refractivity contribution in [3.63, 3.8) is 0 Å². The Hall–Kier alpha value is -3.21. The molecular formula is C25H37N5O9S. The van der Waals surface area contributed by atoms with E-state index in [-0.39, 0.29) is 22.7 Å². The molecule has 1 amide bonds. The molecule has 0 saturated carbocycles. The van der Waals surface area contributed by atoms with Gasteiger partial charge >= 0.3 is 12.0 Å². The fraction of sp³-hybridized carbons (Fsp3) is 0.520. The normalized spacial score (nSPS) is 23.7. The average molecular weight is 584 g/mol. The standard InChI is InChI=1S/C25H37N5O9S/c1-16-7-9-17(10-8-16)40(37,38)30-13-11-18(19(30)26)20(27-15-31)28(6)24(34)23(5,33)12-14-29(25(24,35)36)21(32)39-22(2,3)4/h7-11,13,31,33-36H,12,14-15,26H2,1-6H3. The number of benzene rings is 1. The molecule has 15 heteroatoms. The molecule has 1 saturated heterocycles. The van der Waals surface area contributed by atoms with E-state index in [4.69, 9.17) is 10.5 Å². The first-order chi connectivity index (χ1) is 18.2. The number of anilines is 1. The Bertz CT molecular complexity index is 1390. The van der Waals surface area contributed by atoms with Gasteiger partial charge in [-0.05, 0) is 59.2 Å². The van der Waals surface area contributed by atoms with Gasteiger partial charge in [0.2, 0.25) is 5.72 Å². The number of rotatable bonds is 5. The van der Waals surface area contributed by atoms with Gasteiger partial charge in [-0.1, -0.05) is 17.7 Å². The van der Waals surface area contributed by atoms with E-state index in [0.29, 0.717) is 9.80 Å². The van der Waals surface area contributed by atoms with E-state index in [2.05, 4.69) is 4.99 Å². The first-order valence-electron chi connectivity index (χ1n) is 12.3. The number of aliphatic hydroxyl groups is 5. The lowest BCUT2D eigenvalue weighted by Gasteiger charge is -2.58. The zero-order valence-corrected chi connectivity index (χ0v) is 24.0. The Morgan fingerprint density at radius 2 is 1.73 bits per heavy atom. The molecule has 2 aromatic rings. The number of aliphatic hydroxyl groups excluding tert-OH is 1. The van der Waals surface area contributed by atoms with Crippen LogP contribution in [0.5, 0.6) is 0 Å². The quantitative estimate of drug-likeness (QED) is 0.156. The maximum absolute atomic E-state index is 13.3. The van der Waals surface area contributed by atoms with Gasteiger partial charge in [0.1, 0.15) is 29.6 Å². The molecule has 1 aliphatic rings. The molecule has 40 heavy (non-hydrogen) atoms. The molecule has 2 heterocycles. The number of likely N-dealkylation sites (tertiary alicyclic amines) is 1. The molecule has 0 spiro atoms. The number of piperidine rings is 1. The Balaban J connectivity index is 2.13. The highest BCUT2D eigenvalue weighted by molar-refractivity contribution is 7.90. The summed E-state index contributed by atoms with van der Waals surface area (Å²) in [6.45, 7) is 6.28. The molecule has 2 unspecified atom stereocenters. The topological polar surface area (TPSA) is 211 Å². The number of carbonyl (C=O) groups is 1. The average Bonchev–Trinajstić information content (AvgIpc) is 3.21. The minimum Gasteiger partial charge on any atom is -0.444 e. The predicted molar refractivity (Wildman–Crippen MR) is 144 cm³/mol. The first-order valence-corrected chi connectivity index (χ1v) is 13.7. The van der Waals surface area contributed by atoms with Crippen molar-refractivity contribution in [3.05, 3.63) is 47.7 Å². The second-order valence-electron chi connectivity index (χ2n) is 10.9. The molecule has 7 N–H and O–H groups in total. The van der Waals surface area contributed by atoms with Crippen LogP contribution in [0.4, 0.5) is 10.6 Å². The van der Waals surface area contributed by atoms with Gasteiger partial charge in [-0.2, -0.15) is 0 Å². The Morgan fingerprint density at radius 1 is 1.15 bits per heavy atom. The largest absolute Gasteiger partial charge is 0.444 e. The second kappa shape index (κ2) is 10.3. The number of ether oxygens (including phenoxy) is 1. The number of hydrogen-bond acceptors (Lipinski definition) is 11. The maximum Gasteiger partial charge on any atom is 0.414 e. The van der Waals surface area contributed by atoms with E-state index >= 15 is 0 Å². The van der Waals surface area contributed by atoms with Crippen LogP contribution in [-0.2, 0) is 14.8 Å². The maximum atomic E-state index is 13.3. The SMILES string of the molecule is Cc1ccc(S(=O)(=O)n2ccc(C(=NCO)N(C)C3(O)C(C)(O)CCN(C(=O)OC(C)(C)C)C3(O)O)c2N)cc1.